The van der Waals surface area contributed by atoms with E-state index in [1.807, 2.05) is 24.3 Å². The predicted molar refractivity (Wildman–Crippen MR) is 65.9 cm³/mol. The van der Waals surface area contributed by atoms with E-state index in [1.54, 1.807) is 6.20 Å². The van der Waals surface area contributed by atoms with Crippen molar-refractivity contribution in [2.24, 2.45) is 0 Å². The first kappa shape index (κ1) is 9.59. The van der Waals surface area contributed by atoms with E-state index in [2.05, 4.69) is 20.2 Å². The van der Waals surface area contributed by atoms with Crippen LogP contribution in [0.25, 0.3) is 22.2 Å². The maximum absolute atomic E-state index is 5.77. The molecule has 0 atom stereocenters. The molecule has 0 saturated heterocycles. The summed E-state index contributed by atoms with van der Waals surface area (Å²) in [5.74, 6) is 0.570. The van der Waals surface area contributed by atoms with Crippen molar-refractivity contribution in [1.82, 2.24) is 20.2 Å². The molecule has 0 aliphatic heterocycles. The molecule has 0 radical (unpaired) electrons. The van der Waals surface area contributed by atoms with Gasteiger partial charge in [0.05, 0.1) is 11.2 Å². The standard InChI is InChI=1S/C11H10N6/c12-10-7-2-1-6(8-3-4-14-17-8)5-9(7)15-11(13)16-10/h1-5H,(H,14,17)(H4,12,13,15,16). The topological polar surface area (TPSA) is 106 Å². The van der Waals surface area contributed by atoms with Crippen LogP contribution in [0.3, 0.4) is 0 Å². The van der Waals surface area contributed by atoms with Gasteiger partial charge in [0.2, 0.25) is 5.95 Å². The monoisotopic (exact) mass is 226 g/mol. The summed E-state index contributed by atoms with van der Waals surface area (Å²) >= 11 is 0. The third-order valence-electron chi connectivity index (χ3n) is 2.56. The number of nitrogens with one attached hydrogen (secondary N) is 1. The number of hydrogen-bond acceptors (Lipinski definition) is 5. The first-order valence-electron chi connectivity index (χ1n) is 5.06. The van der Waals surface area contributed by atoms with Gasteiger partial charge in [-0.15, -0.1) is 0 Å². The Labute approximate surface area is 96.7 Å². The van der Waals surface area contributed by atoms with E-state index in [-0.39, 0.29) is 5.95 Å². The fourth-order valence-corrected chi connectivity index (χ4v) is 1.76. The molecule has 0 bridgehead atoms. The van der Waals surface area contributed by atoms with Crippen LogP contribution >= 0.6 is 0 Å². The highest BCUT2D eigenvalue weighted by Gasteiger charge is 2.05. The van der Waals surface area contributed by atoms with E-state index >= 15 is 0 Å². The van der Waals surface area contributed by atoms with Crippen molar-refractivity contribution >= 4 is 22.7 Å². The summed E-state index contributed by atoms with van der Waals surface area (Å²) in [5.41, 5.74) is 14.0. The number of nitrogen functional groups attached to an aromatic ring is 2. The minimum absolute atomic E-state index is 0.178. The molecular formula is C11H10N6. The molecule has 17 heavy (non-hydrogen) atoms. The van der Waals surface area contributed by atoms with Gasteiger partial charge in [0.1, 0.15) is 5.82 Å². The van der Waals surface area contributed by atoms with Crippen LogP contribution in [0.5, 0.6) is 0 Å². The Hall–Kier alpha value is -2.63. The van der Waals surface area contributed by atoms with Gasteiger partial charge in [0.25, 0.3) is 0 Å². The van der Waals surface area contributed by atoms with Crippen molar-refractivity contribution in [3.63, 3.8) is 0 Å². The minimum atomic E-state index is 0.178. The molecule has 0 aliphatic carbocycles. The lowest BCUT2D eigenvalue weighted by atomic mass is 10.1. The summed E-state index contributed by atoms with van der Waals surface area (Å²) in [6.07, 6.45) is 1.70. The largest absolute Gasteiger partial charge is 0.383 e. The predicted octanol–water partition coefficient (Wildman–Crippen LogP) is 1.18. The van der Waals surface area contributed by atoms with Crippen LogP contribution in [-0.4, -0.2) is 20.2 Å². The Morgan fingerprint density at radius 1 is 1.06 bits per heavy atom. The summed E-state index contributed by atoms with van der Waals surface area (Å²) in [7, 11) is 0. The normalized spacial score (nSPS) is 10.8. The molecule has 1 aromatic carbocycles. The van der Waals surface area contributed by atoms with Gasteiger partial charge in [-0.3, -0.25) is 5.10 Å². The van der Waals surface area contributed by atoms with E-state index in [1.165, 1.54) is 0 Å². The molecule has 6 nitrogen and oxygen atoms in total. The highest BCUT2D eigenvalue weighted by Crippen LogP contribution is 2.24. The second-order valence-corrected chi connectivity index (χ2v) is 3.67. The minimum Gasteiger partial charge on any atom is -0.383 e. The van der Waals surface area contributed by atoms with Crippen LogP contribution in [-0.2, 0) is 0 Å². The van der Waals surface area contributed by atoms with E-state index in [4.69, 9.17) is 11.5 Å². The van der Waals surface area contributed by atoms with Crippen molar-refractivity contribution in [2.45, 2.75) is 0 Å². The summed E-state index contributed by atoms with van der Waals surface area (Å²) in [4.78, 5) is 8.08. The molecule has 0 fully saturated rings. The Kier molecular flexibility index (Phi) is 1.94. The van der Waals surface area contributed by atoms with Crippen molar-refractivity contribution < 1.29 is 0 Å². The number of fused-ring (bicyclic) bond motifs is 1. The lowest BCUT2D eigenvalue weighted by Crippen LogP contribution is -2.00. The van der Waals surface area contributed by atoms with Crippen LogP contribution in [0.1, 0.15) is 0 Å². The van der Waals surface area contributed by atoms with E-state index in [9.17, 15) is 0 Å². The van der Waals surface area contributed by atoms with Gasteiger partial charge in [-0.25, -0.2) is 4.98 Å². The van der Waals surface area contributed by atoms with Gasteiger partial charge in [-0.1, -0.05) is 6.07 Å². The molecule has 0 spiro atoms. The molecule has 0 saturated carbocycles. The number of aromatic amines is 1. The fourth-order valence-electron chi connectivity index (χ4n) is 1.76. The molecular weight excluding hydrogens is 216 g/mol. The third-order valence-corrected chi connectivity index (χ3v) is 2.56. The molecule has 84 valence electrons. The zero-order chi connectivity index (χ0) is 11.8. The van der Waals surface area contributed by atoms with Crippen molar-refractivity contribution in [3.05, 3.63) is 30.5 Å². The molecule has 0 unspecified atom stereocenters. The smallest absolute Gasteiger partial charge is 0.222 e. The first-order chi connectivity index (χ1) is 8.24. The van der Waals surface area contributed by atoms with Gasteiger partial charge in [-0.2, -0.15) is 10.1 Å². The Morgan fingerprint density at radius 2 is 1.94 bits per heavy atom. The Bertz CT molecular complexity index is 674. The quantitative estimate of drug-likeness (QED) is 0.577. The molecule has 5 N–H and O–H groups in total. The maximum Gasteiger partial charge on any atom is 0.222 e. The molecule has 2 heterocycles. The second kappa shape index (κ2) is 3.44. The van der Waals surface area contributed by atoms with E-state index in [0.717, 1.165) is 22.2 Å². The zero-order valence-corrected chi connectivity index (χ0v) is 8.88. The van der Waals surface area contributed by atoms with Gasteiger partial charge >= 0.3 is 0 Å². The number of benzene rings is 1. The van der Waals surface area contributed by atoms with Crippen LogP contribution in [0.4, 0.5) is 11.8 Å². The SMILES string of the molecule is Nc1nc(N)c2ccc(-c3ccn[nH]3)cc2n1. The van der Waals surface area contributed by atoms with Gasteiger partial charge in [0, 0.05) is 17.1 Å². The Balaban J connectivity index is 2.26. The highest BCUT2D eigenvalue weighted by atomic mass is 15.1. The number of H-pyrrole nitrogens is 1. The van der Waals surface area contributed by atoms with Gasteiger partial charge in [0.15, 0.2) is 0 Å². The summed E-state index contributed by atoms with van der Waals surface area (Å²) in [6.45, 7) is 0. The van der Waals surface area contributed by atoms with Gasteiger partial charge in [-0.05, 0) is 18.2 Å². The summed E-state index contributed by atoms with van der Waals surface area (Å²) < 4.78 is 0. The van der Waals surface area contributed by atoms with Crippen molar-refractivity contribution in [3.8, 4) is 11.3 Å². The van der Waals surface area contributed by atoms with Crippen LogP contribution in [0, 0.1) is 0 Å². The maximum atomic E-state index is 5.77. The van der Waals surface area contributed by atoms with Gasteiger partial charge < -0.3 is 11.5 Å². The summed E-state index contributed by atoms with van der Waals surface area (Å²) in [6, 6.07) is 7.60. The van der Waals surface area contributed by atoms with Crippen LogP contribution in [0.15, 0.2) is 30.5 Å². The van der Waals surface area contributed by atoms with E-state index in [0.29, 0.717) is 5.82 Å². The fraction of sp³-hybridized carbons (Fsp3) is 0. The van der Waals surface area contributed by atoms with Crippen LogP contribution < -0.4 is 11.5 Å². The summed E-state index contributed by atoms with van der Waals surface area (Å²) in [5, 5.41) is 7.59. The molecule has 3 rings (SSSR count). The third kappa shape index (κ3) is 1.55. The molecule has 3 aromatic rings. The van der Waals surface area contributed by atoms with Crippen molar-refractivity contribution in [1.29, 1.82) is 0 Å². The molecule has 0 aliphatic rings. The lowest BCUT2D eigenvalue weighted by Gasteiger charge is -2.04. The number of hydrogen-bond donors (Lipinski definition) is 3. The first-order valence-corrected chi connectivity index (χ1v) is 5.06. The lowest BCUT2D eigenvalue weighted by molar-refractivity contribution is 1.10. The van der Waals surface area contributed by atoms with Crippen molar-refractivity contribution in [2.75, 3.05) is 11.5 Å². The average Bonchev–Trinajstić information content (AvgIpc) is 2.81. The zero-order valence-electron chi connectivity index (χ0n) is 8.88. The van der Waals surface area contributed by atoms with Crippen LogP contribution in [0.2, 0.25) is 0 Å². The number of anilines is 2. The number of aromatic nitrogens is 4. The molecule has 2 aromatic heterocycles. The number of rotatable bonds is 1. The number of nitrogens with zero attached hydrogens (tertiary/aromatic N) is 3. The average molecular weight is 226 g/mol. The second-order valence-electron chi connectivity index (χ2n) is 3.67. The molecule has 0 amide bonds. The Morgan fingerprint density at radius 3 is 2.71 bits per heavy atom. The highest BCUT2D eigenvalue weighted by molar-refractivity contribution is 5.91. The number of nitrogens with two attached hydrogens (primary N) is 2. The van der Waals surface area contributed by atoms with E-state index < -0.39 is 0 Å². The molecule has 6 heteroatoms.